The number of nitriles is 1. The minimum Gasteiger partial charge on any atom is -0.370 e. The van der Waals surface area contributed by atoms with E-state index < -0.39 is 0 Å². The zero-order valence-corrected chi connectivity index (χ0v) is 23.1. The summed E-state index contributed by atoms with van der Waals surface area (Å²) >= 11 is 0. The number of piperazine rings is 1. The van der Waals surface area contributed by atoms with Crippen molar-refractivity contribution in [2.24, 2.45) is 5.73 Å². The zero-order valence-electron chi connectivity index (χ0n) is 24.1. The molecule has 3 aromatic rings. The highest BCUT2D eigenvalue weighted by atomic mass is 16.5. The van der Waals surface area contributed by atoms with Crippen molar-refractivity contribution in [3.05, 3.63) is 53.8 Å². The Morgan fingerprint density at radius 3 is 2.56 bits per heavy atom. The van der Waals surface area contributed by atoms with E-state index >= 15 is 0 Å². The van der Waals surface area contributed by atoms with Crippen LogP contribution in [0.15, 0.2) is 42.6 Å². The van der Waals surface area contributed by atoms with Crippen molar-refractivity contribution in [3.63, 3.8) is 0 Å². The van der Waals surface area contributed by atoms with Gasteiger partial charge in [-0.15, -0.1) is 0 Å². The van der Waals surface area contributed by atoms with Gasteiger partial charge in [-0.1, -0.05) is 0 Å². The van der Waals surface area contributed by atoms with Crippen LogP contribution in [-0.4, -0.2) is 91.5 Å². The first-order valence-corrected chi connectivity index (χ1v) is 13.9. The van der Waals surface area contributed by atoms with Gasteiger partial charge in [0.05, 0.1) is 36.0 Å². The molecule has 2 N–H and O–H groups in total. The summed E-state index contributed by atoms with van der Waals surface area (Å²) in [6, 6.07) is 14.0. The van der Waals surface area contributed by atoms with Crippen molar-refractivity contribution >= 4 is 28.1 Å². The second-order valence-corrected chi connectivity index (χ2v) is 11.6. The molecule has 2 atom stereocenters. The standard InChI is InChI=1S/C30H38N8O/c1-21-16-37(27-7-6-23(15-31)29-25(27)5-4-10-33-29)18-24(39-21)17-35-11-13-36(14-12-35)26-8-9-28(34-22(26)2)38-19-30(3,32)20-38/h4-10,21,24H,11-14,16-20,32H2,1-3H3/t21-,24+/m1/s1/i10D. The number of nitrogens with zero attached hydrogens (tertiary/aromatic N) is 7. The Morgan fingerprint density at radius 1 is 1.08 bits per heavy atom. The molecular weight excluding hydrogens is 488 g/mol. The summed E-state index contributed by atoms with van der Waals surface area (Å²) in [5.74, 6) is 1.02. The van der Waals surface area contributed by atoms with Gasteiger partial charge < -0.3 is 25.2 Å². The van der Waals surface area contributed by atoms with Crippen LogP contribution in [0.25, 0.3) is 10.9 Å². The molecule has 2 aromatic heterocycles. The summed E-state index contributed by atoms with van der Waals surface area (Å²) in [5, 5.41) is 10.5. The normalized spacial score (nSPS) is 23.9. The van der Waals surface area contributed by atoms with Gasteiger partial charge in [-0.2, -0.15) is 5.26 Å². The fourth-order valence-corrected chi connectivity index (χ4v) is 6.31. The Hall–Kier alpha value is -3.45. The molecule has 39 heavy (non-hydrogen) atoms. The molecule has 1 aromatic carbocycles. The number of rotatable bonds is 5. The topological polar surface area (TPSA) is 97.8 Å². The quantitative estimate of drug-likeness (QED) is 0.537. The Balaban J connectivity index is 1.09. The number of anilines is 3. The molecule has 0 bridgehead atoms. The van der Waals surface area contributed by atoms with Gasteiger partial charge in [0.25, 0.3) is 0 Å². The molecule has 3 fully saturated rings. The molecule has 0 amide bonds. The Labute approximate surface area is 232 Å². The number of aromatic nitrogens is 2. The highest BCUT2D eigenvalue weighted by Crippen LogP contribution is 2.31. The van der Waals surface area contributed by atoms with Crippen LogP contribution < -0.4 is 20.4 Å². The van der Waals surface area contributed by atoms with Crippen molar-refractivity contribution in [1.29, 1.82) is 5.26 Å². The predicted octanol–water partition coefficient (Wildman–Crippen LogP) is 2.76. The summed E-state index contributed by atoms with van der Waals surface area (Å²) < 4.78 is 14.3. The van der Waals surface area contributed by atoms with Crippen LogP contribution in [0, 0.1) is 18.3 Å². The Bertz CT molecular complexity index is 1440. The van der Waals surface area contributed by atoms with Gasteiger partial charge in [0.1, 0.15) is 11.9 Å². The number of pyridine rings is 2. The number of ether oxygens (including phenoxy) is 1. The van der Waals surface area contributed by atoms with Crippen LogP contribution >= 0.6 is 0 Å². The van der Waals surface area contributed by atoms with Gasteiger partial charge in [0.2, 0.25) is 0 Å². The molecule has 0 spiro atoms. The lowest BCUT2D eigenvalue weighted by Crippen LogP contribution is -2.65. The van der Waals surface area contributed by atoms with Crippen LogP contribution in [0.1, 0.15) is 26.5 Å². The molecule has 6 rings (SSSR count). The highest BCUT2D eigenvalue weighted by Gasteiger charge is 2.36. The third-order valence-electron chi connectivity index (χ3n) is 8.13. The Kier molecular flexibility index (Phi) is 6.47. The van der Waals surface area contributed by atoms with E-state index in [0.717, 1.165) is 81.5 Å². The molecule has 3 aliphatic rings. The fourth-order valence-electron chi connectivity index (χ4n) is 6.31. The van der Waals surface area contributed by atoms with Crippen LogP contribution in [0.3, 0.4) is 0 Å². The Morgan fingerprint density at radius 2 is 1.85 bits per heavy atom. The number of nitrogens with two attached hydrogens (primary N) is 1. The summed E-state index contributed by atoms with van der Waals surface area (Å²) in [7, 11) is 0. The van der Waals surface area contributed by atoms with E-state index in [1.54, 1.807) is 6.07 Å². The molecule has 9 nitrogen and oxygen atoms in total. The molecule has 9 heteroatoms. The fraction of sp³-hybridized carbons (Fsp3) is 0.500. The third kappa shape index (κ3) is 5.24. The largest absolute Gasteiger partial charge is 0.370 e. The van der Waals surface area contributed by atoms with E-state index in [4.69, 9.17) is 16.8 Å². The van der Waals surface area contributed by atoms with E-state index in [-0.39, 0.29) is 23.9 Å². The lowest BCUT2D eigenvalue weighted by atomic mass is 9.94. The molecule has 0 aliphatic carbocycles. The number of benzene rings is 1. The van der Waals surface area contributed by atoms with Crippen molar-refractivity contribution < 1.29 is 6.11 Å². The van der Waals surface area contributed by atoms with Gasteiger partial charge in [-0.05, 0) is 57.2 Å². The van der Waals surface area contributed by atoms with Crippen LogP contribution in [0.2, 0.25) is 0 Å². The molecule has 0 radical (unpaired) electrons. The smallest absolute Gasteiger partial charge is 0.129 e. The van der Waals surface area contributed by atoms with Crippen LogP contribution in [0.4, 0.5) is 17.2 Å². The maximum Gasteiger partial charge on any atom is 0.129 e. The van der Waals surface area contributed by atoms with Gasteiger partial charge in [-0.25, -0.2) is 4.98 Å². The number of hydrogen-bond donors (Lipinski definition) is 1. The number of hydrogen-bond acceptors (Lipinski definition) is 9. The summed E-state index contributed by atoms with van der Waals surface area (Å²) in [6.07, 6.45) is 0.340. The number of fused-ring (bicyclic) bond motifs is 1. The number of morpholine rings is 1. The van der Waals surface area contributed by atoms with Crippen LogP contribution in [-0.2, 0) is 4.74 Å². The zero-order chi connectivity index (χ0) is 28.0. The van der Waals surface area contributed by atoms with Crippen LogP contribution in [0.5, 0.6) is 0 Å². The maximum atomic E-state index is 9.56. The average molecular weight is 528 g/mol. The predicted molar refractivity (Wildman–Crippen MR) is 155 cm³/mol. The second kappa shape index (κ2) is 10.3. The van der Waals surface area contributed by atoms with Gasteiger partial charge in [0, 0.05) is 81.7 Å². The van der Waals surface area contributed by atoms with Gasteiger partial charge in [0.15, 0.2) is 0 Å². The van der Waals surface area contributed by atoms with Crippen molar-refractivity contribution in [2.75, 3.05) is 73.6 Å². The first kappa shape index (κ1) is 24.6. The minimum absolute atomic E-state index is 0.0804. The SMILES string of the molecule is [2H]c1ccc2c(N3C[C@H](CN4CCN(c5ccc(N6CC(C)(N)C6)nc5C)CC4)O[C@H](C)C3)ccc(C#N)c2n1. The molecule has 3 aliphatic heterocycles. The summed E-state index contributed by atoms with van der Waals surface area (Å²) in [6.45, 7) is 14.3. The lowest BCUT2D eigenvalue weighted by Gasteiger charge is -2.46. The van der Waals surface area contributed by atoms with Gasteiger partial charge >= 0.3 is 0 Å². The maximum absolute atomic E-state index is 9.56. The summed E-state index contributed by atoms with van der Waals surface area (Å²) in [5.41, 5.74) is 10.5. The number of aryl methyl sites for hydroxylation is 1. The van der Waals surface area contributed by atoms with Crippen molar-refractivity contribution in [1.82, 2.24) is 14.9 Å². The minimum atomic E-state index is -0.110. The lowest BCUT2D eigenvalue weighted by molar-refractivity contribution is -0.0327. The molecular formula is C30H38N8O. The molecule has 0 saturated carbocycles. The summed E-state index contributed by atoms with van der Waals surface area (Å²) in [4.78, 5) is 18.8. The third-order valence-corrected chi connectivity index (χ3v) is 8.13. The first-order chi connectivity index (χ1) is 19.2. The molecule has 3 saturated heterocycles. The highest BCUT2D eigenvalue weighted by molar-refractivity contribution is 5.95. The van der Waals surface area contributed by atoms with E-state index in [2.05, 4.69) is 63.6 Å². The van der Waals surface area contributed by atoms with Gasteiger partial charge in [-0.3, -0.25) is 9.88 Å². The monoisotopic (exact) mass is 527 g/mol. The van der Waals surface area contributed by atoms with Crippen molar-refractivity contribution in [2.45, 2.75) is 38.5 Å². The molecule has 0 unspecified atom stereocenters. The van der Waals surface area contributed by atoms with E-state index in [0.29, 0.717) is 11.1 Å². The molecule has 204 valence electrons. The van der Waals surface area contributed by atoms with E-state index in [1.165, 1.54) is 5.69 Å². The van der Waals surface area contributed by atoms with E-state index in [1.807, 2.05) is 18.2 Å². The van der Waals surface area contributed by atoms with Crippen molar-refractivity contribution in [3.8, 4) is 6.07 Å². The molecule has 5 heterocycles. The second-order valence-electron chi connectivity index (χ2n) is 11.6. The van der Waals surface area contributed by atoms with E-state index in [9.17, 15) is 5.26 Å². The average Bonchev–Trinajstić information content (AvgIpc) is 2.91. The first-order valence-electron chi connectivity index (χ1n) is 14.4.